The lowest BCUT2D eigenvalue weighted by atomic mass is 9.73. The number of carbonyl (C=O) groups is 3. The molecule has 198 valence electrons. The summed E-state index contributed by atoms with van der Waals surface area (Å²) >= 11 is 1.37. The summed E-state index contributed by atoms with van der Waals surface area (Å²) < 4.78 is 13.7. The minimum absolute atomic E-state index is 0.0686. The number of hydrogen-bond donors (Lipinski definition) is 1. The standard InChI is InChI=1S/C24H26N8O5S/c33-20-8-30(21(34)9-32-14-27-28-29-32)5-2-6-36-19-4-1-3-16-17-7-31(23(35)18-10-38-15-26-18)12-24(17,11-25-20)13-37-22(16)19/h1,3-4,10,14-15,17H,2,5-9,11-13H2,(H,25,33)/t17-,24+/m0/s1. The lowest BCUT2D eigenvalue weighted by Crippen LogP contribution is -2.51. The lowest BCUT2D eigenvalue weighted by Gasteiger charge is -2.40. The average molecular weight is 539 g/mol. The van der Waals surface area contributed by atoms with Gasteiger partial charge < -0.3 is 24.6 Å². The van der Waals surface area contributed by atoms with E-state index >= 15 is 0 Å². The number of thiazole rings is 1. The molecule has 0 saturated carbocycles. The number of aromatic nitrogens is 5. The van der Waals surface area contributed by atoms with Crippen molar-refractivity contribution >= 4 is 29.1 Å². The molecule has 1 spiro atoms. The monoisotopic (exact) mass is 538 g/mol. The van der Waals surface area contributed by atoms with Gasteiger partial charge in [-0.1, -0.05) is 12.1 Å². The molecule has 0 aliphatic carbocycles. The van der Waals surface area contributed by atoms with Crippen molar-refractivity contribution in [3.05, 3.63) is 46.7 Å². The highest BCUT2D eigenvalue weighted by Crippen LogP contribution is 2.52. The maximum absolute atomic E-state index is 13.2. The van der Waals surface area contributed by atoms with Crippen LogP contribution in [0.25, 0.3) is 0 Å². The van der Waals surface area contributed by atoms with Crippen LogP contribution >= 0.6 is 11.3 Å². The third kappa shape index (κ3) is 4.55. The Bertz CT molecular complexity index is 1330. The van der Waals surface area contributed by atoms with Crippen LogP contribution in [0.15, 0.2) is 35.4 Å². The molecule has 1 fully saturated rings. The summed E-state index contributed by atoms with van der Waals surface area (Å²) in [6.07, 6.45) is 1.87. The maximum Gasteiger partial charge on any atom is 0.273 e. The third-order valence-corrected chi connectivity index (χ3v) is 7.91. The average Bonchev–Trinajstić information content (AvgIpc) is 3.70. The van der Waals surface area contributed by atoms with Crippen LogP contribution in [-0.2, 0) is 16.1 Å². The Balaban J connectivity index is 1.28. The van der Waals surface area contributed by atoms with Crippen molar-refractivity contribution in [1.82, 2.24) is 40.3 Å². The number of carbonyl (C=O) groups excluding carboxylic acids is 3. The fourth-order valence-electron chi connectivity index (χ4n) is 5.42. The van der Waals surface area contributed by atoms with E-state index in [0.717, 1.165) is 5.56 Å². The van der Waals surface area contributed by atoms with Crippen molar-refractivity contribution < 1.29 is 23.9 Å². The molecule has 3 amide bonds. The number of para-hydroxylation sites is 1. The molecular weight excluding hydrogens is 512 g/mol. The largest absolute Gasteiger partial charge is 0.490 e. The zero-order chi connectivity index (χ0) is 26.1. The van der Waals surface area contributed by atoms with Crippen LogP contribution in [0.1, 0.15) is 28.4 Å². The van der Waals surface area contributed by atoms with Gasteiger partial charge >= 0.3 is 0 Å². The highest BCUT2D eigenvalue weighted by Gasteiger charge is 2.53. The minimum Gasteiger partial charge on any atom is -0.490 e. The van der Waals surface area contributed by atoms with Crippen LogP contribution in [0, 0.1) is 5.41 Å². The number of fused-ring (bicyclic) bond motifs is 9. The van der Waals surface area contributed by atoms with Gasteiger partial charge in [0, 0.05) is 48.5 Å². The van der Waals surface area contributed by atoms with Gasteiger partial charge in [0.25, 0.3) is 5.91 Å². The molecule has 13 nitrogen and oxygen atoms in total. The summed E-state index contributed by atoms with van der Waals surface area (Å²) in [4.78, 5) is 46.8. The number of tetrazole rings is 1. The number of ether oxygens (including phenoxy) is 2. The fraction of sp³-hybridized carbons (Fsp3) is 0.458. The molecule has 4 aliphatic heterocycles. The molecule has 14 heteroatoms. The normalized spacial score (nSPS) is 23.2. The van der Waals surface area contributed by atoms with Crippen molar-refractivity contribution in [2.75, 3.05) is 45.9 Å². The third-order valence-electron chi connectivity index (χ3n) is 7.32. The Morgan fingerprint density at radius 2 is 2.16 bits per heavy atom. The topological polar surface area (TPSA) is 145 Å². The van der Waals surface area contributed by atoms with E-state index < -0.39 is 5.41 Å². The van der Waals surface area contributed by atoms with Crippen molar-refractivity contribution in [1.29, 1.82) is 0 Å². The van der Waals surface area contributed by atoms with Gasteiger partial charge in [0.2, 0.25) is 11.8 Å². The molecule has 6 heterocycles. The number of rotatable bonds is 3. The Labute approximate surface area is 221 Å². The van der Waals surface area contributed by atoms with E-state index in [2.05, 4.69) is 25.8 Å². The molecule has 3 aromatic rings. The lowest BCUT2D eigenvalue weighted by molar-refractivity contribution is -0.137. The van der Waals surface area contributed by atoms with Gasteiger partial charge in [-0.2, -0.15) is 0 Å². The van der Waals surface area contributed by atoms with E-state index in [0.29, 0.717) is 56.5 Å². The summed E-state index contributed by atoms with van der Waals surface area (Å²) in [5.41, 5.74) is 2.47. The van der Waals surface area contributed by atoms with Crippen molar-refractivity contribution in [3.63, 3.8) is 0 Å². The Kier molecular flexibility index (Phi) is 6.39. The maximum atomic E-state index is 13.2. The van der Waals surface area contributed by atoms with Crippen molar-refractivity contribution in [2.45, 2.75) is 18.9 Å². The molecule has 2 aromatic heterocycles. The smallest absolute Gasteiger partial charge is 0.273 e. The first-order valence-electron chi connectivity index (χ1n) is 12.3. The molecular formula is C24H26N8O5S. The van der Waals surface area contributed by atoms with E-state index in [-0.39, 0.29) is 43.3 Å². The molecule has 7 rings (SSSR count). The first-order chi connectivity index (χ1) is 18.5. The van der Waals surface area contributed by atoms with E-state index in [1.54, 1.807) is 15.8 Å². The SMILES string of the molecule is O=C1CN(C(=O)Cn2cnnn2)CCCOc2cccc3c2OC[C@@]2(CN1)CN(C(=O)c1cscn1)C[C@@H]32. The van der Waals surface area contributed by atoms with E-state index in [9.17, 15) is 14.4 Å². The Hall–Kier alpha value is -4.07. The van der Waals surface area contributed by atoms with Gasteiger partial charge in [-0.3, -0.25) is 14.4 Å². The number of amides is 3. The second-order valence-electron chi connectivity index (χ2n) is 9.74. The van der Waals surface area contributed by atoms with Gasteiger partial charge in [0.15, 0.2) is 11.5 Å². The summed E-state index contributed by atoms with van der Waals surface area (Å²) in [5, 5.41) is 15.6. The van der Waals surface area contributed by atoms with Crippen molar-refractivity contribution in [3.8, 4) is 11.5 Å². The minimum atomic E-state index is -0.543. The van der Waals surface area contributed by atoms with Gasteiger partial charge in [0.1, 0.15) is 18.6 Å². The number of benzene rings is 1. The van der Waals surface area contributed by atoms with E-state index in [1.807, 2.05) is 18.2 Å². The molecule has 0 unspecified atom stereocenters. The number of hydrogen-bond acceptors (Lipinski definition) is 10. The molecule has 0 radical (unpaired) electrons. The summed E-state index contributed by atoms with van der Waals surface area (Å²) in [5.74, 6) is 0.533. The van der Waals surface area contributed by atoms with Crippen LogP contribution in [-0.4, -0.2) is 98.7 Å². The zero-order valence-electron chi connectivity index (χ0n) is 20.5. The van der Waals surface area contributed by atoms with Crippen LogP contribution in [0.5, 0.6) is 11.5 Å². The number of nitrogens with one attached hydrogen (secondary N) is 1. The molecule has 4 bridgehead atoms. The fourth-order valence-corrected chi connectivity index (χ4v) is 5.95. The van der Waals surface area contributed by atoms with Gasteiger partial charge in [-0.25, -0.2) is 9.67 Å². The highest BCUT2D eigenvalue weighted by molar-refractivity contribution is 7.07. The molecule has 2 atom stereocenters. The molecule has 1 aromatic carbocycles. The zero-order valence-corrected chi connectivity index (χ0v) is 21.3. The second-order valence-corrected chi connectivity index (χ2v) is 10.5. The van der Waals surface area contributed by atoms with Crippen LogP contribution in [0.2, 0.25) is 0 Å². The predicted molar refractivity (Wildman–Crippen MR) is 133 cm³/mol. The number of likely N-dealkylation sites (tertiary alicyclic amines) is 1. The van der Waals surface area contributed by atoms with Crippen LogP contribution < -0.4 is 14.8 Å². The quantitative estimate of drug-likeness (QED) is 0.493. The molecule has 1 saturated heterocycles. The Morgan fingerprint density at radius 3 is 2.97 bits per heavy atom. The number of nitrogens with zero attached hydrogens (tertiary/aromatic N) is 7. The first kappa shape index (κ1) is 24.3. The van der Waals surface area contributed by atoms with Crippen LogP contribution in [0.4, 0.5) is 0 Å². The van der Waals surface area contributed by atoms with Gasteiger partial charge in [-0.15, -0.1) is 16.4 Å². The first-order valence-corrected chi connectivity index (χ1v) is 13.3. The predicted octanol–water partition coefficient (Wildman–Crippen LogP) is 0.176. The van der Waals surface area contributed by atoms with Gasteiger partial charge in [0.05, 0.1) is 25.3 Å². The van der Waals surface area contributed by atoms with Gasteiger partial charge in [-0.05, 0) is 22.9 Å². The summed E-state index contributed by atoms with van der Waals surface area (Å²) in [6, 6.07) is 5.79. The molecule has 38 heavy (non-hydrogen) atoms. The van der Waals surface area contributed by atoms with Crippen molar-refractivity contribution in [2.24, 2.45) is 5.41 Å². The van der Waals surface area contributed by atoms with Crippen LogP contribution in [0.3, 0.4) is 0 Å². The second kappa shape index (κ2) is 10.0. The van der Waals surface area contributed by atoms with E-state index in [4.69, 9.17) is 9.47 Å². The molecule has 1 N–H and O–H groups in total. The summed E-state index contributed by atoms with van der Waals surface area (Å²) in [6.45, 7) is 1.96. The Morgan fingerprint density at radius 1 is 1.24 bits per heavy atom. The molecule has 4 aliphatic rings. The summed E-state index contributed by atoms with van der Waals surface area (Å²) in [7, 11) is 0. The highest BCUT2D eigenvalue weighted by atomic mass is 32.1. The van der Waals surface area contributed by atoms with E-state index in [1.165, 1.54) is 27.2 Å².